The molecular weight excluding hydrogens is 280 g/mol. The number of methoxy groups -OCH3 is 2. The average molecular weight is 335 g/mol. The lowest BCUT2D eigenvalue weighted by molar-refractivity contribution is 0.115. The first-order chi connectivity index (χ1) is 7.14. The van der Waals surface area contributed by atoms with Gasteiger partial charge < -0.3 is 9.47 Å². The summed E-state index contributed by atoms with van der Waals surface area (Å²) >= 11 is 1.90. The predicted molar refractivity (Wildman–Crippen MR) is 113 cm³/mol. The fourth-order valence-corrected chi connectivity index (χ4v) is 0.779. The summed E-state index contributed by atoms with van der Waals surface area (Å²) in [6, 6.07) is 0. The minimum absolute atomic E-state index is 0. The van der Waals surface area contributed by atoms with E-state index >= 15 is 0 Å². The SMILES string of the molecule is C.C.C.C.C.C.CCC(C)OC.CCCSC.CCOC. The van der Waals surface area contributed by atoms with Crippen LogP contribution in [-0.2, 0) is 9.47 Å². The first-order valence-corrected chi connectivity index (χ1v) is 7.04. The van der Waals surface area contributed by atoms with Crippen LogP contribution in [0, 0.1) is 0 Å². The van der Waals surface area contributed by atoms with E-state index in [4.69, 9.17) is 4.74 Å². The summed E-state index contributed by atoms with van der Waals surface area (Å²) in [7, 11) is 3.41. The molecule has 0 heterocycles. The van der Waals surface area contributed by atoms with Gasteiger partial charge >= 0.3 is 0 Å². The molecule has 1 atom stereocenters. The maximum atomic E-state index is 4.90. The van der Waals surface area contributed by atoms with Gasteiger partial charge in [-0.05, 0) is 38.7 Å². The molecule has 0 aliphatic rings. The summed E-state index contributed by atoms with van der Waals surface area (Å²) in [6.45, 7) is 9.13. The number of ether oxygens (including phenoxy) is 2. The van der Waals surface area contributed by atoms with Crippen molar-refractivity contribution in [1.29, 1.82) is 0 Å². The zero-order chi connectivity index (χ0) is 12.5. The van der Waals surface area contributed by atoms with Crippen LogP contribution in [0.1, 0.15) is 85.1 Å². The smallest absolute Gasteiger partial charge is 0.0540 e. The molecule has 1 unspecified atom stereocenters. The summed E-state index contributed by atoms with van der Waals surface area (Å²) in [5.74, 6) is 1.31. The van der Waals surface area contributed by atoms with Crippen molar-refractivity contribution in [1.82, 2.24) is 0 Å². The van der Waals surface area contributed by atoms with Crippen LogP contribution in [0.2, 0.25) is 0 Å². The molecule has 21 heavy (non-hydrogen) atoms. The summed E-state index contributed by atoms with van der Waals surface area (Å²) in [4.78, 5) is 0. The fraction of sp³-hybridized carbons (Fsp3) is 1.00. The molecule has 144 valence electrons. The van der Waals surface area contributed by atoms with E-state index in [-0.39, 0.29) is 44.6 Å². The zero-order valence-corrected chi connectivity index (χ0v) is 12.4. The molecule has 0 aromatic heterocycles. The molecule has 0 saturated carbocycles. The second kappa shape index (κ2) is 71.4. The first kappa shape index (κ1) is 58.0. The van der Waals surface area contributed by atoms with Gasteiger partial charge in [0.1, 0.15) is 0 Å². The Bertz CT molecular complexity index is 73.6. The van der Waals surface area contributed by atoms with Gasteiger partial charge in [-0.1, -0.05) is 58.4 Å². The molecule has 0 rings (SSSR count). The van der Waals surface area contributed by atoms with Crippen molar-refractivity contribution in [2.75, 3.05) is 32.8 Å². The topological polar surface area (TPSA) is 18.5 Å². The Hall–Kier alpha value is 0.270. The lowest BCUT2D eigenvalue weighted by Crippen LogP contribution is -2.00. The minimum atomic E-state index is 0. The van der Waals surface area contributed by atoms with Crippen molar-refractivity contribution in [2.24, 2.45) is 0 Å². The number of thioether (sulfide) groups is 1. The molecule has 0 aliphatic carbocycles. The molecule has 0 radical (unpaired) electrons. The van der Waals surface area contributed by atoms with Gasteiger partial charge in [-0.2, -0.15) is 11.8 Å². The molecule has 0 spiro atoms. The molecule has 0 amide bonds. The molecule has 0 fully saturated rings. The summed E-state index contributed by atoms with van der Waals surface area (Å²) in [5, 5.41) is 0. The lowest BCUT2D eigenvalue weighted by Gasteiger charge is -2.01. The van der Waals surface area contributed by atoms with Crippen molar-refractivity contribution < 1.29 is 9.47 Å². The normalized spacial score (nSPS) is 7.57. The van der Waals surface area contributed by atoms with Crippen LogP contribution in [0.4, 0.5) is 0 Å². The van der Waals surface area contributed by atoms with E-state index in [9.17, 15) is 0 Å². The van der Waals surface area contributed by atoms with Crippen molar-refractivity contribution in [2.45, 2.75) is 91.2 Å². The van der Waals surface area contributed by atoms with E-state index in [1.807, 2.05) is 18.7 Å². The molecule has 0 aliphatic heterocycles. The molecular formula is C18H54O2S. The van der Waals surface area contributed by atoms with Crippen LogP contribution < -0.4 is 0 Å². The Kier molecular flexibility index (Phi) is 197. The summed E-state index contributed by atoms with van der Waals surface area (Å²) in [6.07, 6.45) is 4.98. The van der Waals surface area contributed by atoms with Crippen LogP contribution >= 0.6 is 11.8 Å². The van der Waals surface area contributed by atoms with E-state index in [1.54, 1.807) is 14.2 Å². The van der Waals surface area contributed by atoms with Gasteiger partial charge in [-0.3, -0.25) is 0 Å². The Morgan fingerprint density at radius 3 is 1.19 bits per heavy atom. The van der Waals surface area contributed by atoms with E-state index in [0.717, 1.165) is 13.0 Å². The standard InChI is InChI=1S/C5H12O.C4H10S.C3H8O.6CH4/c1-4-5(2)6-3;1-3-4-5-2;1-3-4-2;;;;;;/h5H,4H2,1-3H3;3-4H2,1-2H3;3H2,1-2H3;6*1H4. The Morgan fingerprint density at radius 1 is 0.857 bits per heavy atom. The Morgan fingerprint density at radius 2 is 1.19 bits per heavy atom. The van der Waals surface area contributed by atoms with Gasteiger partial charge in [-0.15, -0.1) is 0 Å². The Balaban J connectivity index is -0.0000000130. The third-order valence-corrected chi connectivity index (χ3v) is 2.49. The van der Waals surface area contributed by atoms with Crippen LogP contribution in [0.15, 0.2) is 0 Å². The lowest BCUT2D eigenvalue weighted by atomic mass is 10.3. The monoisotopic (exact) mass is 334 g/mol. The zero-order valence-electron chi connectivity index (χ0n) is 11.6. The number of hydrogen-bond donors (Lipinski definition) is 0. The molecule has 0 aromatic rings. The molecule has 0 bridgehead atoms. The average Bonchev–Trinajstić information content (AvgIpc) is 2.30. The van der Waals surface area contributed by atoms with Crippen LogP contribution in [0.3, 0.4) is 0 Å². The summed E-state index contributed by atoms with van der Waals surface area (Å²) in [5.41, 5.74) is 0. The van der Waals surface area contributed by atoms with Gasteiger partial charge in [-0.25, -0.2) is 0 Å². The second-order valence-electron chi connectivity index (χ2n) is 3.02. The third-order valence-electron chi connectivity index (χ3n) is 1.67. The quantitative estimate of drug-likeness (QED) is 0.514. The van der Waals surface area contributed by atoms with Crippen molar-refractivity contribution in [3.8, 4) is 0 Å². The molecule has 2 nitrogen and oxygen atoms in total. The van der Waals surface area contributed by atoms with Gasteiger partial charge in [0.15, 0.2) is 0 Å². The molecule has 0 saturated heterocycles. The fourth-order valence-electron chi connectivity index (χ4n) is 0.371. The van der Waals surface area contributed by atoms with Gasteiger partial charge in [0.2, 0.25) is 0 Å². The molecule has 0 aromatic carbocycles. The first-order valence-electron chi connectivity index (χ1n) is 5.64. The van der Waals surface area contributed by atoms with Gasteiger partial charge in [0, 0.05) is 20.8 Å². The number of rotatable bonds is 5. The number of hydrogen-bond acceptors (Lipinski definition) is 3. The highest BCUT2D eigenvalue weighted by molar-refractivity contribution is 7.98. The van der Waals surface area contributed by atoms with Gasteiger partial charge in [0.25, 0.3) is 0 Å². The van der Waals surface area contributed by atoms with Crippen molar-refractivity contribution in [3.63, 3.8) is 0 Å². The van der Waals surface area contributed by atoms with Crippen LogP contribution in [0.5, 0.6) is 0 Å². The minimum Gasteiger partial charge on any atom is -0.385 e. The van der Waals surface area contributed by atoms with E-state index in [1.165, 1.54) is 12.2 Å². The van der Waals surface area contributed by atoms with E-state index in [0.29, 0.717) is 6.10 Å². The highest BCUT2D eigenvalue weighted by atomic mass is 32.2. The molecule has 0 N–H and O–H groups in total. The summed E-state index contributed by atoms with van der Waals surface area (Å²) < 4.78 is 9.44. The highest BCUT2D eigenvalue weighted by Gasteiger charge is 1.88. The van der Waals surface area contributed by atoms with Crippen LogP contribution in [0.25, 0.3) is 0 Å². The maximum Gasteiger partial charge on any atom is 0.0540 e. The second-order valence-corrected chi connectivity index (χ2v) is 4.01. The van der Waals surface area contributed by atoms with Crippen LogP contribution in [-0.4, -0.2) is 38.9 Å². The predicted octanol–water partition coefficient (Wildman–Crippen LogP) is 7.66. The van der Waals surface area contributed by atoms with E-state index in [2.05, 4.69) is 31.8 Å². The highest BCUT2D eigenvalue weighted by Crippen LogP contribution is 1.91. The largest absolute Gasteiger partial charge is 0.385 e. The third kappa shape index (κ3) is 128. The van der Waals surface area contributed by atoms with E-state index < -0.39 is 0 Å². The van der Waals surface area contributed by atoms with Gasteiger partial charge in [0.05, 0.1) is 6.10 Å². The maximum absolute atomic E-state index is 4.90. The van der Waals surface area contributed by atoms with Crippen molar-refractivity contribution in [3.05, 3.63) is 0 Å². The molecule has 3 heteroatoms. The Labute approximate surface area is 145 Å². The van der Waals surface area contributed by atoms with Crippen molar-refractivity contribution >= 4 is 11.8 Å².